The third-order valence-electron chi connectivity index (χ3n) is 6.69. The molecule has 2 N–H and O–H groups in total. The number of rotatable bonds is 8. The fourth-order valence-corrected chi connectivity index (χ4v) is 4.68. The number of para-hydroxylation sites is 1. The van der Waals surface area contributed by atoms with Gasteiger partial charge < -0.3 is 25.2 Å². The van der Waals surface area contributed by atoms with Crippen molar-refractivity contribution in [3.05, 3.63) is 78.5 Å². The van der Waals surface area contributed by atoms with Crippen molar-refractivity contribution in [3.63, 3.8) is 0 Å². The van der Waals surface area contributed by atoms with Gasteiger partial charge in [0, 0.05) is 47.4 Å². The number of benzene rings is 3. The largest absolute Gasteiger partial charge is 0.494 e. The second-order valence-electron chi connectivity index (χ2n) is 9.36. The van der Waals surface area contributed by atoms with Gasteiger partial charge in [-0.15, -0.1) is 0 Å². The summed E-state index contributed by atoms with van der Waals surface area (Å²) in [5.41, 5.74) is 4.86. The number of hydrogen-bond acceptors (Lipinski definition) is 7. The van der Waals surface area contributed by atoms with Crippen LogP contribution >= 0.6 is 11.6 Å². The number of methoxy groups -OCH3 is 1. The minimum absolute atomic E-state index is 0.292. The van der Waals surface area contributed by atoms with Crippen molar-refractivity contribution < 1.29 is 9.53 Å². The Kier molecular flexibility index (Phi) is 7.18. The van der Waals surface area contributed by atoms with E-state index < -0.39 is 0 Å². The van der Waals surface area contributed by atoms with Crippen molar-refractivity contribution in [1.82, 2.24) is 14.9 Å². The van der Waals surface area contributed by atoms with Crippen molar-refractivity contribution in [3.8, 4) is 16.9 Å². The zero-order valence-electron chi connectivity index (χ0n) is 21.5. The Hall–Kier alpha value is -4.14. The van der Waals surface area contributed by atoms with Crippen LogP contribution in [0.5, 0.6) is 5.75 Å². The van der Waals surface area contributed by atoms with E-state index in [1.807, 2.05) is 54.6 Å². The number of fused-ring (bicyclic) bond motifs is 1. The van der Waals surface area contributed by atoms with Crippen molar-refractivity contribution in [2.45, 2.75) is 6.04 Å². The molecule has 38 heavy (non-hydrogen) atoms. The molecular formula is C29H29ClN6O2. The molecule has 1 amide bonds. The highest BCUT2D eigenvalue weighted by Crippen LogP contribution is 2.40. The fourth-order valence-electron chi connectivity index (χ4n) is 4.49. The number of carbonyl (C=O) groups is 1. The van der Waals surface area contributed by atoms with Gasteiger partial charge in [-0.25, -0.2) is 9.97 Å². The molecule has 5 rings (SSSR count). The summed E-state index contributed by atoms with van der Waals surface area (Å²) in [5, 5.41) is 7.79. The molecule has 1 aliphatic rings. The number of hydrogen-bond donors (Lipinski definition) is 2. The smallest absolute Gasteiger partial charge is 0.247 e. The van der Waals surface area contributed by atoms with E-state index in [-0.39, 0.29) is 5.91 Å². The van der Waals surface area contributed by atoms with Crippen molar-refractivity contribution >= 4 is 51.4 Å². The minimum Gasteiger partial charge on any atom is -0.494 e. The molecule has 4 aromatic rings. The Morgan fingerprint density at radius 1 is 1.16 bits per heavy atom. The third-order valence-corrected chi connectivity index (χ3v) is 6.92. The normalized spacial score (nSPS) is 13.3. The monoisotopic (exact) mass is 528 g/mol. The molecule has 194 valence electrons. The number of anilines is 4. The summed E-state index contributed by atoms with van der Waals surface area (Å²) in [6.45, 7) is 5.29. The second kappa shape index (κ2) is 10.7. The maximum atomic E-state index is 12.3. The van der Waals surface area contributed by atoms with Crippen LogP contribution in [0, 0.1) is 0 Å². The molecule has 1 saturated heterocycles. The number of ether oxygens (including phenoxy) is 1. The number of likely N-dealkylation sites (N-methyl/N-ethyl adjacent to an activating group) is 1. The van der Waals surface area contributed by atoms with E-state index in [0.29, 0.717) is 34.1 Å². The Morgan fingerprint density at radius 2 is 1.95 bits per heavy atom. The highest BCUT2D eigenvalue weighted by molar-refractivity contribution is 6.30. The van der Waals surface area contributed by atoms with Crippen LogP contribution < -0.4 is 20.3 Å². The molecule has 0 aliphatic carbocycles. The first kappa shape index (κ1) is 25.5. The summed E-state index contributed by atoms with van der Waals surface area (Å²) in [5.74, 6) is 0.715. The standard InChI is InChI=1S/C29H29ClN6O2/c1-5-27(37)32-23-13-24(26(38-4)14-25(23)36-16-21(17-36)35(2)3)33-29-31-15-19-9-7-11-22(28(19)34-29)18-8-6-10-20(30)12-18/h5-15,21H,1,16-17H2,2-4H3,(H,32,37)(H,31,33,34). The topological polar surface area (TPSA) is 82.6 Å². The number of nitrogens with zero attached hydrogens (tertiary/aromatic N) is 4. The molecule has 2 heterocycles. The van der Waals surface area contributed by atoms with E-state index in [0.717, 1.165) is 40.8 Å². The zero-order valence-corrected chi connectivity index (χ0v) is 22.3. The number of carbonyl (C=O) groups excluding carboxylic acids is 1. The number of amides is 1. The van der Waals surface area contributed by atoms with Crippen LogP contribution in [-0.2, 0) is 4.79 Å². The lowest BCUT2D eigenvalue weighted by molar-refractivity contribution is -0.111. The number of halogens is 1. The van der Waals surface area contributed by atoms with Crippen LogP contribution in [-0.4, -0.2) is 61.1 Å². The highest BCUT2D eigenvalue weighted by Gasteiger charge is 2.31. The van der Waals surface area contributed by atoms with Gasteiger partial charge >= 0.3 is 0 Å². The average Bonchev–Trinajstić information content (AvgIpc) is 2.88. The van der Waals surface area contributed by atoms with Crippen molar-refractivity contribution in [1.29, 1.82) is 0 Å². The Bertz CT molecular complexity index is 1520. The summed E-state index contributed by atoms with van der Waals surface area (Å²) in [6.07, 6.45) is 3.03. The Labute approximate surface area is 226 Å². The predicted molar refractivity (Wildman–Crippen MR) is 155 cm³/mol. The van der Waals surface area contributed by atoms with Gasteiger partial charge in [0.1, 0.15) is 5.75 Å². The molecule has 1 fully saturated rings. The molecule has 0 bridgehead atoms. The van der Waals surface area contributed by atoms with Gasteiger partial charge in [-0.3, -0.25) is 4.79 Å². The van der Waals surface area contributed by atoms with E-state index in [1.54, 1.807) is 13.3 Å². The molecule has 8 nitrogen and oxygen atoms in total. The van der Waals surface area contributed by atoms with E-state index in [4.69, 9.17) is 21.3 Å². The Balaban J connectivity index is 1.52. The number of aromatic nitrogens is 2. The maximum Gasteiger partial charge on any atom is 0.247 e. The molecule has 0 radical (unpaired) electrons. The summed E-state index contributed by atoms with van der Waals surface area (Å²) >= 11 is 6.25. The van der Waals surface area contributed by atoms with E-state index in [9.17, 15) is 4.79 Å². The molecule has 1 aliphatic heterocycles. The highest BCUT2D eigenvalue weighted by atomic mass is 35.5. The predicted octanol–water partition coefficient (Wildman–Crippen LogP) is 5.58. The first-order valence-electron chi connectivity index (χ1n) is 12.2. The fraction of sp³-hybridized carbons (Fsp3) is 0.207. The molecule has 9 heteroatoms. The molecule has 0 atom stereocenters. The third kappa shape index (κ3) is 5.14. The van der Waals surface area contributed by atoms with Gasteiger partial charge in [-0.2, -0.15) is 0 Å². The lowest BCUT2D eigenvalue weighted by Crippen LogP contribution is -2.57. The van der Waals surface area contributed by atoms with Crippen molar-refractivity contribution in [2.24, 2.45) is 0 Å². The first-order valence-corrected chi connectivity index (χ1v) is 12.6. The van der Waals surface area contributed by atoms with Crippen LogP contribution in [0.1, 0.15) is 0 Å². The van der Waals surface area contributed by atoms with Crippen LogP contribution in [0.2, 0.25) is 5.02 Å². The van der Waals surface area contributed by atoms with Crippen LogP contribution in [0.25, 0.3) is 22.0 Å². The van der Waals surface area contributed by atoms with Gasteiger partial charge in [-0.1, -0.05) is 48.5 Å². The summed E-state index contributed by atoms with van der Waals surface area (Å²) < 4.78 is 5.73. The molecule has 1 aromatic heterocycles. The second-order valence-corrected chi connectivity index (χ2v) is 9.79. The molecule has 0 saturated carbocycles. The van der Waals surface area contributed by atoms with Crippen LogP contribution in [0.4, 0.5) is 23.0 Å². The molecule has 0 unspecified atom stereocenters. The Morgan fingerprint density at radius 3 is 2.66 bits per heavy atom. The van der Waals surface area contributed by atoms with Gasteiger partial charge in [0.15, 0.2) is 0 Å². The van der Waals surface area contributed by atoms with Gasteiger partial charge in [-0.05, 0) is 43.9 Å². The summed E-state index contributed by atoms with van der Waals surface area (Å²) in [4.78, 5) is 26.0. The van der Waals surface area contributed by atoms with E-state index in [1.165, 1.54) is 6.08 Å². The molecule has 3 aromatic carbocycles. The lowest BCUT2D eigenvalue weighted by atomic mass is 10.0. The van der Waals surface area contributed by atoms with E-state index in [2.05, 4.69) is 46.1 Å². The average molecular weight is 529 g/mol. The SMILES string of the molecule is C=CC(=O)Nc1cc(Nc2ncc3cccc(-c4cccc(Cl)c4)c3n2)c(OC)cc1N1CC(N(C)C)C1. The minimum atomic E-state index is -0.292. The summed E-state index contributed by atoms with van der Waals surface area (Å²) in [7, 11) is 5.75. The van der Waals surface area contributed by atoms with E-state index >= 15 is 0 Å². The lowest BCUT2D eigenvalue weighted by Gasteiger charge is -2.45. The summed E-state index contributed by atoms with van der Waals surface area (Å²) in [6, 6.07) is 17.8. The zero-order chi connectivity index (χ0) is 26.8. The molecule has 0 spiro atoms. The van der Waals surface area contributed by atoms with Crippen LogP contribution in [0.3, 0.4) is 0 Å². The van der Waals surface area contributed by atoms with Crippen LogP contribution in [0.15, 0.2) is 73.4 Å². The van der Waals surface area contributed by atoms with Gasteiger partial charge in [0.25, 0.3) is 0 Å². The van der Waals surface area contributed by atoms with Gasteiger partial charge in [0.05, 0.1) is 29.7 Å². The maximum absolute atomic E-state index is 12.3. The number of nitrogens with one attached hydrogen (secondary N) is 2. The van der Waals surface area contributed by atoms with Crippen molar-refractivity contribution in [2.75, 3.05) is 49.8 Å². The molecular weight excluding hydrogens is 500 g/mol. The van der Waals surface area contributed by atoms with Gasteiger partial charge in [0.2, 0.25) is 11.9 Å². The quantitative estimate of drug-likeness (QED) is 0.289. The first-order chi connectivity index (χ1) is 18.4.